The van der Waals surface area contributed by atoms with E-state index in [1.54, 1.807) is 21.3 Å². The minimum Gasteiger partial charge on any atom is -0.376 e. The first-order valence-electron chi connectivity index (χ1n) is 4.78. The Hall–Kier alpha value is 0.0169. The summed E-state index contributed by atoms with van der Waals surface area (Å²) in [5.74, 6) is 0. The van der Waals surface area contributed by atoms with Gasteiger partial charge in [0.05, 0.1) is 5.67 Å². The lowest BCUT2D eigenvalue weighted by Gasteiger charge is -2.29. The van der Waals surface area contributed by atoms with Gasteiger partial charge in [-0.1, -0.05) is 6.42 Å². The van der Waals surface area contributed by atoms with Crippen LogP contribution in [0.1, 0.15) is 19.3 Å². The molecule has 0 saturated carbocycles. The van der Waals surface area contributed by atoms with Crippen molar-refractivity contribution in [2.45, 2.75) is 24.9 Å². The van der Waals surface area contributed by atoms with Gasteiger partial charge < -0.3 is 24.7 Å². The summed E-state index contributed by atoms with van der Waals surface area (Å²) >= 11 is 0. The molecular formula is C8H22N2O3Si. The van der Waals surface area contributed by atoms with Gasteiger partial charge in [-0.05, 0) is 19.4 Å². The topological polar surface area (TPSA) is 79.7 Å². The largest absolute Gasteiger partial charge is 0.517 e. The van der Waals surface area contributed by atoms with E-state index in [0.29, 0.717) is 6.54 Å². The van der Waals surface area contributed by atoms with Crippen LogP contribution in [0.5, 0.6) is 0 Å². The summed E-state index contributed by atoms with van der Waals surface area (Å²) in [7, 11) is 2.08. The summed E-state index contributed by atoms with van der Waals surface area (Å²) in [6, 6.07) is 0. The highest BCUT2D eigenvalue weighted by Crippen LogP contribution is 2.14. The third kappa shape index (κ3) is 3.64. The molecule has 0 aromatic heterocycles. The van der Waals surface area contributed by atoms with Crippen molar-refractivity contribution in [2.75, 3.05) is 27.9 Å². The molecule has 0 aliphatic heterocycles. The van der Waals surface area contributed by atoms with Gasteiger partial charge in [-0.3, -0.25) is 0 Å². The lowest BCUT2D eigenvalue weighted by molar-refractivity contribution is 0.111. The van der Waals surface area contributed by atoms with Gasteiger partial charge in [0.1, 0.15) is 0 Å². The number of rotatable bonds is 8. The van der Waals surface area contributed by atoms with Gasteiger partial charge in [-0.15, -0.1) is 0 Å². The molecule has 6 heteroatoms. The molecular weight excluding hydrogens is 200 g/mol. The van der Waals surface area contributed by atoms with Crippen LogP contribution in [0.25, 0.3) is 0 Å². The van der Waals surface area contributed by atoms with Gasteiger partial charge >= 0.3 is 8.80 Å². The van der Waals surface area contributed by atoms with Crippen molar-refractivity contribution in [3.8, 4) is 0 Å². The molecule has 0 fully saturated rings. The Labute approximate surface area is 87.1 Å². The highest BCUT2D eigenvalue weighted by atomic mass is 28.4. The third-order valence-electron chi connectivity index (χ3n) is 2.28. The predicted octanol–water partition coefficient (Wildman–Crippen LogP) is -0.140. The van der Waals surface area contributed by atoms with Crippen LogP contribution in [0.2, 0.25) is 0 Å². The van der Waals surface area contributed by atoms with Crippen molar-refractivity contribution in [1.29, 1.82) is 0 Å². The highest BCUT2D eigenvalue weighted by Gasteiger charge is 2.44. The average molecular weight is 222 g/mol. The van der Waals surface area contributed by atoms with Crippen LogP contribution in [0.15, 0.2) is 0 Å². The van der Waals surface area contributed by atoms with E-state index in [1.807, 2.05) is 0 Å². The van der Waals surface area contributed by atoms with Gasteiger partial charge in [-0.25, -0.2) is 0 Å². The van der Waals surface area contributed by atoms with Gasteiger partial charge in [0, 0.05) is 21.3 Å². The molecule has 14 heavy (non-hydrogen) atoms. The van der Waals surface area contributed by atoms with Gasteiger partial charge in [0.25, 0.3) is 0 Å². The first-order chi connectivity index (χ1) is 6.66. The monoisotopic (exact) mass is 222 g/mol. The molecule has 0 amide bonds. The molecule has 0 aromatic carbocycles. The second-order valence-electron chi connectivity index (χ2n) is 3.11. The van der Waals surface area contributed by atoms with E-state index in [1.165, 1.54) is 0 Å². The van der Waals surface area contributed by atoms with E-state index in [-0.39, 0.29) is 5.67 Å². The maximum Gasteiger partial charge on any atom is 0.517 e. The number of hydrogen-bond acceptors (Lipinski definition) is 5. The molecule has 0 aromatic rings. The van der Waals surface area contributed by atoms with Gasteiger partial charge in [0.2, 0.25) is 0 Å². The fraction of sp³-hybridized carbons (Fsp3) is 1.00. The van der Waals surface area contributed by atoms with Crippen LogP contribution in [-0.2, 0) is 13.3 Å². The predicted molar refractivity (Wildman–Crippen MR) is 57.7 cm³/mol. The lowest BCUT2D eigenvalue weighted by atomic mass is 10.2. The molecule has 0 saturated heterocycles. The highest BCUT2D eigenvalue weighted by molar-refractivity contribution is 6.62. The normalized spacial score (nSPS) is 14.4. The molecule has 0 rings (SSSR count). The van der Waals surface area contributed by atoms with E-state index in [4.69, 9.17) is 24.7 Å². The van der Waals surface area contributed by atoms with E-state index in [9.17, 15) is 0 Å². The maximum absolute atomic E-state index is 5.97. The fourth-order valence-electron chi connectivity index (χ4n) is 1.39. The second kappa shape index (κ2) is 7.33. The zero-order valence-electron chi connectivity index (χ0n) is 9.29. The van der Waals surface area contributed by atoms with Crippen molar-refractivity contribution in [3.63, 3.8) is 0 Å². The van der Waals surface area contributed by atoms with Crippen LogP contribution >= 0.6 is 0 Å². The molecule has 0 radical (unpaired) electrons. The zero-order chi connectivity index (χ0) is 11.0. The molecule has 0 spiro atoms. The summed E-state index contributed by atoms with van der Waals surface area (Å²) in [6.45, 7) is 0.689. The molecule has 1 unspecified atom stereocenters. The summed E-state index contributed by atoms with van der Waals surface area (Å²) in [5.41, 5.74) is 11.2. The summed E-state index contributed by atoms with van der Waals surface area (Å²) < 4.78 is 15.8. The molecule has 0 aliphatic rings. The van der Waals surface area contributed by atoms with Crippen LogP contribution in [-0.4, -0.2) is 42.3 Å². The molecule has 4 N–H and O–H groups in total. The van der Waals surface area contributed by atoms with Gasteiger partial charge in [-0.2, -0.15) is 0 Å². The Balaban J connectivity index is 4.07. The fourth-order valence-corrected chi connectivity index (χ4v) is 3.36. The van der Waals surface area contributed by atoms with Crippen molar-refractivity contribution in [3.05, 3.63) is 0 Å². The molecule has 0 heterocycles. The number of hydrogen-bond donors (Lipinski definition) is 2. The summed E-state index contributed by atoms with van der Waals surface area (Å²) in [5, 5.41) is 0. The minimum atomic E-state index is -2.63. The Kier molecular flexibility index (Phi) is 7.34. The Bertz CT molecular complexity index is 136. The van der Waals surface area contributed by atoms with E-state index < -0.39 is 8.80 Å². The van der Waals surface area contributed by atoms with Crippen LogP contribution in [0.4, 0.5) is 0 Å². The van der Waals surface area contributed by atoms with Crippen molar-refractivity contribution in [2.24, 2.45) is 11.5 Å². The Morgan fingerprint density at radius 1 is 1.07 bits per heavy atom. The Morgan fingerprint density at radius 2 is 1.57 bits per heavy atom. The Morgan fingerprint density at radius 3 is 1.93 bits per heavy atom. The van der Waals surface area contributed by atoms with Crippen LogP contribution in [0, 0.1) is 0 Å². The number of unbranched alkanes of at least 4 members (excludes halogenated alkanes) is 1. The first-order valence-corrected chi connectivity index (χ1v) is 6.58. The minimum absolute atomic E-state index is 0.172. The first kappa shape index (κ1) is 14.0. The quantitative estimate of drug-likeness (QED) is 0.441. The lowest BCUT2D eigenvalue weighted by Crippen LogP contribution is -2.58. The van der Waals surface area contributed by atoms with E-state index in [2.05, 4.69) is 0 Å². The van der Waals surface area contributed by atoms with Crippen LogP contribution in [0.3, 0.4) is 0 Å². The smallest absolute Gasteiger partial charge is 0.376 e. The number of nitrogens with two attached hydrogens (primary N) is 2. The van der Waals surface area contributed by atoms with Crippen molar-refractivity contribution >= 4 is 8.80 Å². The molecule has 1 atom stereocenters. The zero-order valence-corrected chi connectivity index (χ0v) is 10.3. The van der Waals surface area contributed by atoms with Crippen LogP contribution < -0.4 is 11.5 Å². The van der Waals surface area contributed by atoms with Gasteiger partial charge in [0.15, 0.2) is 0 Å². The molecule has 5 nitrogen and oxygen atoms in total. The van der Waals surface area contributed by atoms with E-state index >= 15 is 0 Å². The van der Waals surface area contributed by atoms with E-state index in [0.717, 1.165) is 19.3 Å². The average Bonchev–Trinajstić information content (AvgIpc) is 2.22. The SMILES string of the molecule is CO[Si](OC)(OC)C(N)CCCCN. The third-order valence-corrected chi connectivity index (χ3v) is 5.18. The summed E-state index contributed by atoms with van der Waals surface area (Å²) in [4.78, 5) is 0. The maximum atomic E-state index is 5.97. The standard InChI is InChI=1S/C8H22N2O3Si/c1-11-14(12-2,13-3)8(10)6-4-5-7-9/h8H,4-7,9-10H2,1-3H3. The molecule has 86 valence electrons. The van der Waals surface area contributed by atoms with Crippen molar-refractivity contribution < 1.29 is 13.3 Å². The second-order valence-corrected chi connectivity index (χ2v) is 6.28. The molecule has 0 bridgehead atoms. The van der Waals surface area contributed by atoms with Crippen molar-refractivity contribution in [1.82, 2.24) is 0 Å². The summed E-state index contributed by atoms with van der Waals surface area (Å²) in [6.07, 6.45) is 2.76. The molecule has 0 aliphatic carbocycles.